The van der Waals surface area contributed by atoms with Gasteiger partial charge in [-0.25, -0.2) is 4.90 Å². The molecule has 5 rings (SSSR count). The van der Waals surface area contributed by atoms with Gasteiger partial charge in [0.05, 0.1) is 16.8 Å². The van der Waals surface area contributed by atoms with E-state index in [4.69, 9.17) is 0 Å². The first kappa shape index (κ1) is 21.0. The van der Waals surface area contributed by atoms with Crippen LogP contribution in [0.15, 0.2) is 79.0 Å². The van der Waals surface area contributed by atoms with Crippen molar-refractivity contribution < 1.29 is 22.8 Å². The Morgan fingerprint density at radius 2 is 1.55 bits per heavy atom. The molecule has 2 aliphatic rings. The third kappa shape index (κ3) is 3.69. The topological polar surface area (TPSA) is 40.6 Å². The zero-order valence-electron chi connectivity index (χ0n) is 17.5. The largest absolute Gasteiger partial charge is 0.416 e. The van der Waals surface area contributed by atoms with Crippen molar-refractivity contribution in [2.24, 2.45) is 0 Å². The van der Waals surface area contributed by atoms with Crippen LogP contribution in [-0.2, 0) is 17.4 Å². The SMILES string of the molecule is O=C1/C(=C\N2CCCc3ccccc32)c2ccccc2C(=O)N1c1cccc(C(F)(F)F)c1. The van der Waals surface area contributed by atoms with Crippen LogP contribution < -0.4 is 9.80 Å². The van der Waals surface area contributed by atoms with Gasteiger partial charge >= 0.3 is 6.18 Å². The monoisotopic (exact) mass is 448 g/mol. The molecule has 2 heterocycles. The Balaban J connectivity index is 1.64. The van der Waals surface area contributed by atoms with Crippen molar-refractivity contribution >= 4 is 28.8 Å². The van der Waals surface area contributed by atoms with Gasteiger partial charge in [-0.2, -0.15) is 13.2 Å². The Labute approximate surface area is 188 Å². The molecule has 0 atom stereocenters. The predicted molar refractivity (Wildman–Crippen MR) is 120 cm³/mol. The number of para-hydroxylation sites is 1. The summed E-state index contributed by atoms with van der Waals surface area (Å²) >= 11 is 0. The van der Waals surface area contributed by atoms with Gasteiger partial charge in [-0.15, -0.1) is 0 Å². The van der Waals surface area contributed by atoms with Crippen LogP contribution >= 0.6 is 0 Å². The number of carbonyl (C=O) groups excluding carboxylic acids is 2. The average Bonchev–Trinajstić information content (AvgIpc) is 2.82. The first-order valence-electron chi connectivity index (χ1n) is 10.6. The van der Waals surface area contributed by atoms with Crippen LogP contribution in [0.25, 0.3) is 5.57 Å². The standard InChI is InChI=1S/C26H19F3N2O2/c27-26(28,29)18-9-5-10-19(15-18)31-24(32)21-12-3-2-11-20(21)22(25(31)33)16-30-14-6-8-17-7-1-4-13-23(17)30/h1-5,7,9-13,15-16H,6,8,14H2/b22-16-. The highest BCUT2D eigenvalue weighted by Crippen LogP contribution is 2.37. The van der Waals surface area contributed by atoms with Crippen molar-refractivity contribution in [3.63, 3.8) is 0 Å². The van der Waals surface area contributed by atoms with Crippen LogP contribution in [0, 0.1) is 0 Å². The normalized spacial score (nSPS) is 17.2. The maximum Gasteiger partial charge on any atom is 0.416 e. The number of hydrogen-bond donors (Lipinski definition) is 0. The molecule has 0 aliphatic carbocycles. The van der Waals surface area contributed by atoms with Crippen LogP contribution in [0.3, 0.4) is 0 Å². The van der Waals surface area contributed by atoms with Gasteiger partial charge in [0.25, 0.3) is 11.8 Å². The van der Waals surface area contributed by atoms with Gasteiger partial charge in [0, 0.05) is 29.6 Å². The molecule has 2 aliphatic heterocycles. The minimum Gasteiger partial charge on any atom is -0.347 e. The molecule has 2 amide bonds. The van der Waals surface area contributed by atoms with E-state index in [-0.39, 0.29) is 16.8 Å². The Kier molecular flexibility index (Phi) is 5.04. The van der Waals surface area contributed by atoms with Crippen molar-refractivity contribution in [3.05, 3.63) is 101 Å². The van der Waals surface area contributed by atoms with Crippen LogP contribution in [-0.4, -0.2) is 18.4 Å². The molecule has 0 aromatic heterocycles. The minimum absolute atomic E-state index is 0.112. The fourth-order valence-electron chi connectivity index (χ4n) is 4.39. The first-order valence-corrected chi connectivity index (χ1v) is 10.6. The zero-order chi connectivity index (χ0) is 23.2. The maximum absolute atomic E-state index is 13.6. The number of halogens is 3. The van der Waals surface area contributed by atoms with E-state index in [0.29, 0.717) is 12.1 Å². The number of carbonyl (C=O) groups is 2. The minimum atomic E-state index is -4.59. The number of anilines is 2. The molecule has 0 unspecified atom stereocenters. The number of fused-ring (bicyclic) bond motifs is 2. The molecular formula is C26H19F3N2O2. The summed E-state index contributed by atoms with van der Waals surface area (Å²) in [4.78, 5) is 29.6. The van der Waals surface area contributed by atoms with Gasteiger partial charge in [-0.05, 0) is 48.7 Å². The van der Waals surface area contributed by atoms with E-state index in [1.54, 1.807) is 30.5 Å². The van der Waals surface area contributed by atoms with Crippen molar-refractivity contribution in [1.29, 1.82) is 0 Å². The van der Waals surface area contributed by atoms with E-state index >= 15 is 0 Å². The summed E-state index contributed by atoms with van der Waals surface area (Å²) in [7, 11) is 0. The smallest absolute Gasteiger partial charge is 0.347 e. The lowest BCUT2D eigenvalue weighted by atomic mass is 9.93. The second-order valence-corrected chi connectivity index (χ2v) is 8.01. The van der Waals surface area contributed by atoms with Crippen LogP contribution in [0.5, 0.6) is 0 Å². The molecule has 4 nitrogen and oxygen atoms in total. The number of benzene rings is 3. The molecule has 0 spiro atoms. The van der Waals surface area contributed by atoms with Gasteiger partial charge in [0.15, 0.2) is 0 Å². The third-order valence-corrected chi connectivity index (χ3v) is 5.95. The summed E-state index contributed by atoms with van der Waals surface area (Å²) in [5.74, 6) is -1.30. The van der Waals surface area contributed by atoms with Crippen molar-refractivity contribution in [1.82, 2.24) is 0 Å². The summed E-state index contributed by atoms with van der Waals surface area (Å²) < 4.78 is 39.9. The Bertz CT molecular complexity index is 1300. The van der Waals surface area contributed by atoms with Gasteiger partial charge in [-0.1, -0.05) is 42.5 Å². The molecule has 7 heteroatoms. The first-order chi connectivity index (χ1) is 15.8. The second-order valence-electron chi connectivity index (χ2n) is 8.01. The second kappa shape index (κ2) is 7.92. The van der Waals surface area contributed by atoms with E-state index in [9.17, 15) is 22.8 Å². The van der Waals surface area contributed by atoms with Gasteiger partial charge in [0.1, 0.15) is 0 Å². The van der Waals surface area contributed by atoms with Gasteiger partial charge in [-0.3, -0.25) is 9.59 Å². The lowest BCUT2D eigenvalue weighted by Crippen LogP contribution is -2.42. The van der Waals surface area contributed by atoms with E-state index < -0.39 is 23.6 Å². The fourth-order valence-corrected chi connectivity index (χ4v) is 4.39. The molecule has 0 saturated heterocycles. The average molecular weight is 448 g/mol. The molecule has 33 heavy (non-hydrogen) atoms. The quantitative estimate of drug-likeness (QED) is 0.374. The van der Waals surface area contributed by atoms with Gasteiger partial charge < -0.3 is 4.90 Å². The van der Waals surface area contributed by atoms with E-state index in [1.807, 2.05) is 29.2 Å². The molecule has 0 bridgehead atoms. The molecule has 3 aromatic carbocycles. The van der Waals surface area contributed by atoms with E-state index in [1.165, 1.54) is 12.1 Å². The van der Waals surface area contributed by atoms with E-state index in [0.717, 1.165) is 41.1 Å². The molecule has 0 fully saturated rings. The Morgan fingerprint density at radius 1 is 0.818 bits per heavy atom. The zero-order valence-corrected chi connectivity index (χ0v) is 17.5. The van der Waals surface area contributed by atoms with Crippen LogP contribution in [0.1, 0.15) is 33.5 Å². The van der Waals surface area contributed by atoms with Crippen LogP contribution in [0.4, 0.5) is 24.5 Å². The summed E-state index contributed by atoms with van der Waals surface area (Å²) in [6.45, 7) is 0.688. The number of alkyl halides is 3. The number of hydrogen-bond acceptors (Lipinski definition) is 3. The fraction of sp³-hybridized carbons (Fsp3) is 0.154. The molecule has 0 N–H and O–H groups in total. The molecule has 166 valence electrons. The Morgan fingerprint density at radius 3 is 2.33 bits per heavy atom. The summed E-state index contributed by atoms with van der Waals surface area (Å²) in [6.07, 6.45) is -1.06. The van der Waals surface area contributed by atoms with Gasteiger partial charge in [0.2, 0.25) is 0 Å². The Hall–Kier alpha value is -3.87. The highest BCUT2D eigenvalue weighted by Gasteiger charge is 2.38. The lowest BCUT2D eigenvalue weighted by Gasteiger charge is -2.32. The number of rotatable bonds is 2. The summed E-state index contributed by atoms with van der Waals surface area (Å²) in [5.41, 5.74) is 2.10. The number of nitrogens with zero attached hydrogens (tertiary/aromatic N) is 2. The van der Waals surface area contributed by atoms with E-state index in [2.05, 4.69) is 0 Å². The summed E-state index contributed by atoms with van der Waals surface area (Å²) in [5, 5.41) is 0. The third-order valence-electron chi connectivity index (χ3n) is 5.95. The van der Waals surface area contributed by atoms with Crippen molar-refractivity contribution in [3.8, 4) is 0 Å². The predicted octanol–water partition coefficient (Wildman–Crippen LogP) is 5.69. The maximum atomic E-state index is 13.6. The summed E-state index contributed by atoms with van der Waals surface area (Å²) in [6, 6.07) is 18.9. The molecule has 0 saturated carbocycles. The van der Waals surface area contributed by atoms with Crippen molar-refractivity contribution in [2.75, 3.05) is 16.3 Å². The van der Waals surface area contributed by atoms with Crippen molar-refractivity contribution in [2.45, 2.75) is 19.0 Å². The molecule has 0 radical (unpaired) electrons. The lowest BCUT2D eigenvalue weighted by molar-refractivity contribution is -0.137. The molecular weight excluding hydrogens is 429 g/mol. The molecule has 3 aromatic rings. The highest BCUT2D eigenvalue weighted by atomic mass is 19.4. The van der Waals surface area contributed by atoms with Crippen LogP contribution in [0.2, 0.25) is 0 Å². The number of amides is 2. The number of aryl methyl sites for hydroxylation is 1. The number of imide groups is 1. The highest BCUT2D eigenvalue weighted by molar-refractivity contribution is 6.41.